The summed E-state index contributed by atoms with van der Waals surface area (Å²) in [6.07, 6.45) is 4.28. The molecule has 2 N–H and O–H groups in total. The van der Waals surface area contributed by atoms with E-state index in [-0.39, 0.29) is 11.9 Å². The first-order valence-electron chi connectivity index (χ1n) is 8.43. The Morgan fingerprint density at radius 3 is 2.81 bits per heavy atom. The molecule has 134 valence electrons. The Bertz CT molecular complexity index is 875. The number of pyridine rings is 1. The van der Waals surface area contributed by atoms with Crippen molar-refractivity contribution in [2.24, 2.45) is 0 Å². The van der Waals surface area contributed by atoms with Gasteiger partial charge in [-0.05, 0) is 37.1 Å². The molecule has 1 aromatic carbocycles. The molecule has 1 amide bonds. The summed E-state index contributed by atoms with van der Waals surface area (Å²) in [7, 11) is 3.75. The Morgan fingerprint density at radius 2 is 2.12 bits per heavy atom. The van der Waals surface area contributed by atoms with Crippen LogP contribution in [0, 0.1) is 0 Å². The molecule has 1 atom stereocenters. The Balaban J connectivity index is 1.69. The number of hydrogen-bond acceptors (Lipinski definition) is 5. The van der Waals surface area contributed by atoms with Crippen LogP contribution in [0.25, 0.3) is 11.4 Å². The van der Waals surface area contributed by atoms with Crippen LogP contribution in [0.5, 0.6) is 0 Å². The molecule has 0 bridgehead atoms. The van der Waals surface area contributed by atoms with Crippen LogP contribution in [-0.2, 0) is 6.42 Å². The summed E-state index contributed by atoms with van der Waals surface area (Å²) in [6.45, 7) is 1.98. The Kier molecular flexibility index (Phi) is 5.26. The average Bonchev–Trinajstić information content (AvgIpc) is 3.13. The van der Waals surface area contributed by atoms with E-state index in [1.807, 2.05) is 62.4 Å². The molecule has 0 aliphatic carbocycles. The van der Waals surface area contributed by atoms with Crippen molar-refractivity contribution in [3.05, 3.63) is 59.9 Å². The molecular formula is C19H22N6O. The minimum absolute atomic E-state index is 0.000907. The van der Waals surface area contributed by atoms with Crippen molar-refractivity contribution in [1.29, 1.82) is 0 Å². The predicted octanol–water partition coefficient (Wildman–Crippen LogP) is 2.29. The Morgan fingerprint density at radius 1 is 1.27 bits per heavy atom. The number of H-pyrrole nitrogens is 1. The van der Waals surface area contributed by atoms with Gasteiger partial charge in [-0.2, -0.15) is 4.98 Å². The molecule has 0 aliphatic heterocycles. The lowest BCUT2D eigenvalue weighted by Gasteiger charge is -2.14. The van der Waals surface area contributed by atoms with Gasteiger partial charge in [0.1, 0.15) is 0 Å². The van der Waals surface area contributed by atoms with Gasteiger partial charge in [0.2, 0.25) is 5.95 Å². The molecule has 0 aliphatic rings. The number of carbonyl (C=O) groups is 1. The van der Waals surface area contributed by atoms with Crippen LogP contribution >= 0.6 is 0 Å². The van der Waals surface area contributed by atoms with E-state index in [4.69, 9.17) is 0 Å². The van der Waals surface area contributed by atoms with Crippen molar-refractivity contribution in [3.8, 4) is 11.4 Å². The van der Waals surface area contributed by atoms with Gasteiger partial charge in [0.25, 0.3) is 5.91 Å². The fraction of sp³-hybridized carbons (Fsp3) is 0.263. The molecule has 2 heterocycles. The third-order valence-corrected chi connectivity index (χ3v) is 3.91. The number of rotatable bonds is 6. The third-order valence-electron chi connectivity index (χ3n) is 3.91. The number of hydrogen-bond donors (Lipinski definition) is 2. The van der Waals surface area contributed by atoms with Gasteiger partial charge in [-0.25, -0.2) is 0 Å². The highest BCUT2D eigenvalue weighted by molar-refractivity contribution is 5.95. The van der Waals surface area contributed by atoms with Crippen molar-refractivity contribution in [3.63, 3.8) is 0 Å². The molecule has 26 heavy (non-hydrogen) atoms. The van der Waals surface area contributed by atoms with Crippen LogP contribution in [0.4, 0.5) is 5.95 Å². The first kappa shape index (κ1) is 17.6. The van der Waals surface area contributed by atoms with Gasteiger partial charge >= 0.3 is 0 Å². The maximum atomic E-state index is 12.6. The smallest absolute Gasteiger partial charge is 0.251 e. The molecule has 0 spiro atoms. The quantitative estimate of drug-likeness (QED) is 0.712. The number of aromatic nitrogens is 4. The standard InChI is InChI=1S/C19H22N6O/c1-13(10-14-6-5-9-20-12-14)21-18(26)16-8-4-7-15(11-16)17-22-19(24-23-17)25(2)3/h4-9,11-13H,10H2,1-3H3,(H,21,26)(H,22,23,24). The van der Waals surface area contributed by atoms with Gasteiger partial charge in [0.15, 0.2) is 5.82 Å². The number of amides is 1. The van der Waals surface area contributed by atoms with Crippen molar-refractivity contribution in [2.45, 2.75) is 19.4 Å². The first-order chi connectivity index (χ1) is 12.5. The van der Waals surface area contributed by atoms with E-state index < -0.39 is 0 Å². The molecule has 3 rings (SSSR count). The normalized spacial score (nSPS) is 11.8. The van der Waals surface area contributed by atoms with Crippen molar-refractivity contribution >= 4 is 11.9 Å². The highest BCUT2D eigenvalue weighted by atomic mass is 16.1. The van der Waals surface area contributed by atoms with Crippen LogP contribution in [0.2, 0.25) is 0 Å². The lowest BCUT2D eigenvalue weighted by molar-refractivity contribution is 0.0940. The SMILES string of the molecule is CC(Cc1cccnc1)NC(=O)c1cccc(-c2nc(N(C)C)n[nH]2)c1. The summed E-state index contributed by atoms with van der Waals surface area (Å²) in [5.41, 5.74) is 2.49. The van der Waals surface area contributed by atoms with E-state index in [0.717, 1.165) is 17.5 Å². The van der Waals surface area contributed by atoms with Crippen molar-refractivity contribution < 1.29 is 4.79 Å². The number of nitrogens with zero attached hydrogens (tertiary/aromatic N) is 4. The van der Waals surface area contributed by atoms with Gasteiger partial charge in [-0.15, -0.1) is 5.10 Å². The lowest BCUT2D eigenvalue weighted by atomic mass is 10.1. The summed E-state index contributed by atoms with van der Waals surface area (Å²) < 4.78 is 0. The lowest BCUT2D eigenvalue weighted by Crippen LogP contribution is -2.34. The first-order valence-corrected chi connectivity index (χ1v) is 8.43. The highest BCUT2D eigenvalue weighted by Crippen LogP contribution is 2.18. The van der Waals surface area contributed by atoms with Gasteiger partial charge in [0.05, 0.1) is 0 Å². The van der Waals surface area contributed by atoms with Crippen LogP contribution in [0.3, 0.4) is 0 Å². The summed E-state index contributed by atoms with van der Waals surface area (Å²) in [5, 5.41) is 10.1. The van der Waals surface area contributed by atoms with E-state index in [1.54, 1.807) is 12.3 Å². The minimum atomic E-state index is -0.115. The number of aromatic amines is 1. The van der Waals surface area contributed by atoms with Gasteiger partial charge in [0, 0.05) is 43.7 Å². The van der Waals surface area contributed by atoms with Crippen LogP contribution in [0.1, 0.15) is 22.8 Å². The fourth-order valence-corrected chi connectivity index (χ4v) is 2.62. The Hall–Kier alpha value is -3.22. The van der Waals surface area contributed by atoms with Gasteiger partial charge in [-0.3, -0.25) is 14.9 Å². The largest absolute Gasteiger partial charge is 0.349 e. The van der Waals surface area contributed by atoms with Crippen molar-refractivity contribution in [2.75, 3.05) is 19.0 Å². The van der Waals surface area contributed by atoms with E-state index in [9.17, 15) is 4.79 Å². The van der Waals surface area contributed by atoms with E-state index >= 15 is 0 Å². The molecule has 1 unspecified atom stereocenters. The third kappa shape index (κ3) is 4.24. The van der Waals surface area contributed by atoms with Crippen LogP contribution in [-0.4, -0.2) is 46.2 Å². The molecule has 0 fully saturated rings. The minimum Gasteiger partial charge on any atom is -0.349 e. The maximum Gasteiger partial charge on any atom is 0.251 e. The van der Waals surface area contributed by atoms with E-state index in [1.165, 1.54) is 0 Å². The predicted molar refractivity (Wildman–Crippen MR) is 101 cm³/mol. The van der Waals surface area contributed by atoms with E-state index in [2.05, 4.69) is 25.5 Å². The number of carbonyl (C=O) groups excluding carboxylic acids is 1. The summed E-state index contributed by atoms with van der Waals surface area (Å²) in [5.74, 6) is 1.11. The maximum absolute atomic E-state index is 12.6. The summed E-state index contributed by atoms with van der Waals surface area (Å²) >= 11 is 0. The van der Waals surface area contributed by atoms with Gasteiger partial charge < -0.3 is 10.2 Å². The summed E-state index contributed by atoms with van der Waals surface area (Å²) in [4.78, 5) is 22.9. The molecule has 2 aromatic heterocycles. The zero-order valence-corrected chi connectivity index (χ0v) is 15.1. The molecule has 3 aromatic rings. The van der Waals surface area contributed by atoms with Gasteiger partial charge in [-0.1, -0.05) is 18.2 Å². The zero-order chi connectivity index (χ0) is 18.5. The molecule has 0 saturated carbocycles. The van der Waals surface area contributed by atoms with E-state index in [0.29, 0.717) is 17.3 Å². The van der Waals surface area contributed by atoms with Crippen LogP contribution in [0.15, 0.2) is 48.8 Å². The summed E-state index contributed by atoms with van der Waals surface area (Å²) in [6, 6.07) is 11.2. The van der Waals surface area contributed by atoms with Crippen molar-refractivity contribution in [1.82, 2.24) is 25.5 Å². The molecule has 7 nitrogen and oxygen atoms in total. The molecule has 7 heteroatoms. The molecular weight excluding hydrogens is 328 g/mol. The molecule has 0 radical (unpaired) electrons. The second-order valence-electron chi connectivity index (χ2n) is 6.40. The monoisotopic (exact) mass is 350 g/mol. The average molecular weight is 350 g/mol. The molecule has 0 saturated heterocycles. The number of anilines is 1. The Labute approximate surface area is 152 Å². The fourth-order valence-electron chi connectivity index (χ4n) is 2.62. The number of nitrogens with one attached hydrogen (secondary N) is 2. The highest BCUT2D eigenvalue weighted by Gasteiger charge is 2.13. The van der Waals surface area contributed by atoms with Crippen LogP contribution < -0.4 is 10.2 Å². The second-order valence-corrected chi connectivity index (χ2v) is 6.40. The topological polar surface area (TPSA) is 86.8 Å². The zero-order valence-electron chi connectivity index (χ0n) is 15.1. The second kappa shape index (κ2) is 7.77. The number of benzene rings is 1.